The van der Waals surface area contributed by atoms with Crippen molar-refractivity contribution in [2.45, 2.75) is 257 Å². The molecule has 34 nitrogen and oxygen atoms in total. The first-order valence-electron chi connectivity index (χ1n) is 46.6. The number of sulfone groups is 2. The molecule has 0 bridgehead atoms. The van der Waals surface area contributed by atoms with Crippen molar-refractivity contribution in [1.82, 2.24) is 91.2 Å². The third-order valence-electron chi connectivity index (χ3n) is 27.5. The summed E-state index contributed by atoms with van der Waals surface area (Å²) >= 11 is 2.03. The zero-order chi connectivity index (χ0) is 88.7. The van der Waals surface area contributed by atoms with Gasteiger partial charge in [-0.2, -0.15) is 11.8 Å². The topological polar surface area (TPSA) is 418 Å². The van der Waals surface area contributed by atoms with Gasteiger partial charge in [-0.3, -0.25) is 28.8 Å². The van der Waals surface area contributed by atoms with Crippen LogP contribution in [0.5, 0.6) is 0 Å². The minimum absolute atomic E-state index is 0.123. The molecule has 6 N–H and O–H groups in total. The Morgan fingerprint density at radius 3 is 0.770 bits per heavy atom. The fourth-order valence-corrected chi connectivity index (χ4v) is 25.3. The van der Waals surface area contributed by atoms with Crippen molar-refractivity contribution in [1.29, 1.82) is 0 Å². The fraction of sp³-hybridized carbons (Fsp3) is 0.730. The summed E-state index contributed by atoms with van der Waals surface area (Å²) < 4.78 is 81.2. The van der Waals surface area contributed by atoms with Crippen LogP contribution in [0.15, 0.2) is 64.9 Å². The lowest BCUT2D eigenvalue weighted by atomic mass is 9.99. The molecule has 0 aromatic carbocycles. The average Bonchev–Trinajstić information content (AvgIpc) is 1.59. The number of thioether (sulfide) groups is 1. The summed E-state index contributed by atoms with van der Waals surface area (Å²) in [6.07, 6.45) is 43.3. The Kier molecular flexibility index (Phi) is 35.4. The SMILES string of the molecule is CNC1C(=O)N(CC2CCCC2)CCc2ncoc21.CNC1C(=O)N(CC2CCCCCC2)CCc2ncoc21.CNC1C(=O)N(CC2CCCCCC2)CCc2ncoc21.CNC1C(=O)N(CC2CCCCCS2)CCc2ncoc21.CNC1C(=O)N(CC2CCCCS2(=O)=O)CCc2ncoc21.CNC1C(=O)N(CC2CCCCS2(=O)=O)CCc2ncoc21. The number of oxazole rings is 6. The molecule has 6 fully saturated rings. The van der Waals surface area contributed by atoms with E-state index in [2.05, 4.69) is 61.8 Å². The Balaban J connectivity index is 0.000000130. The molecule has 0 radical (unpaired) electrons. The predicted molar refractivity (Wildman–Crippen MR) is 473 cm³/mol. The Morgan fingerprint density at radius 2 is 0.516 bits per heavy atom. The highest BCUT2D eigenvalue weighted by Crippen LogP contribution is 2.36. The maximum atomic E-state index is 12.8. The van der Waals surface area contributed by atoms with Gasteiger partial charge in [0, 0.05) is 122 Å². The average molecular weight is 1810 g/mol. The molecule has 18 rings (SSSR count). The van der Waals surface area contributed by atoms with E-state index in [4.69, 9.17) is 26.5 Å². The van der Waals surface area contributed by atoms with Gasteiger partial charge in [-0.25, -0.2) is 46.7 Å². The lowest BCUT2D eigenvalue weighted by Gasteiger charge is -2.30. The normalized spacial score (nSPS) is 26.3. The van der Waals surface area contributed by atoms with Crippen LogP contribution in [0.1, 0.15) is 272 Å². The molecule has 37 heteroatoms. The third kappa shape index (κ3) is 24.2. The van der Waals surface area contributed by atoms with E-state index in [1.165, 1.54) is 173 Å². The van der Waals surface area contributed by atoms with Crippen molar-refractivity contribution in [3.63, 3.8) is 0 Å². The van der Waals surface area contributed by atoms with Crippen LogP contribution < -0.4 is 31.9 Å². The van der Waals surface area contributed by atoms with Crippen molar-refractivity contribution in [2.75, 3.05) is 138 Å². The molecule has 3 aliphatic carbocycles. The quantitative estimate of drug-likeness (QED) is 0.0438. The Labute approximate surface area is 746 Å². The standard InChI is InChI=1S/2C16H25N3O2.C15H23N3O2S.2C14H21N3O4S.C14H21N3O2/c2*1-17-14-15-13(18-11-21-15)8-9-19(16(14)20)10-12-6-4-2-3-5-7-12;1-16-13-14-12(17-10-20-14)6-7-18(15(13)19)9-11-5-3-2-4-8-21-11;2*1-15-12-13-11(16-9-21-13)5-6-17(14(12)18)8-10-4-2-3-7-22(10,19)20;1-15-12-13-11(16-9-19-13)6-7-17(14(12)18)8-10-4-2-3-5-10/h2*11-12,14,17H,2-10H2,1H3;10-11,13,16H,2-9H2,1H3;2*9-10,12,15H,2-8H2,1H3;9-10,12,15H,2-8H2,1H3. The molecule has 12 aliphatic rings. The van der Waals surface area contributed by atoms with Crippen LogP contribution in [-0.2, 0) is 87.0 Å². The minimum atomic E-state index is -3.09. The summed E-state index contributed by atoms with van der Waals surface area (Å²) in [7, 11) is 4.42. The molecular weight excluding hydrogens is 1670 g/mol. The lowest BCUT2D eigenvalue weighted by Crippen LogP contribution is -2.46. The van der Waals surface area contributed by atoms with E-state index in [0.717, 1.165) is 138 Å². The number of carbonyl (C=O) groups excluding carboxylic acids is 6. The van der Waals surface area contributed by atoms with E-state index in [1.54, 1.807) is 38.0 Å². The van der Waals surface area contributed by atoms with Gasteiger partial charge in [0.15, 0.2) is 92.6 Å². The maximum absolute atomic E-state index is 12.8. The molecular formula is C89H136N18O16S3. The van der Waals surface area contributed by atoms with Crippen LogP contribution in [0, 0.1) is 17.8 Å². The van der Waals surface area contributed by atoms with E-state index in [9.17, 15) is 45.6 Å². The highest BCUT2D eigenvalue weighted by atomic mass is 32.2. The van der Waals surface area contributed by atoms with E-state index in [-0.39, 0.29) is 84.2 Å². The predicted octanol–water partition coefficient (Wildman–Crippen LogP) is 8.66. The van der Waals surface area contributed by atoms with Crippen LogP contribution in [0.25, 0.3) is 0 Å². The van der Waals surface area contributed by atoms with Crippen LogP contribution in [0.4, 0.5) is 0 Å². The van der Waals surface area contributed by atoms with Crippen LogP contribution >= 0.6 is 11.8 Å². The molecule has 6 amide bonds. The molecule has 3 saturated heterocycles. The number of nitrogens with one attached hydrogen (secondary N) is 6. The minimum Gasteiger partial charge on any atom is -0.446 e. The molecule has 0 spiro atoms. The first kappa shape index (κ1) is 95.7. The second kappa shape index (κ2) is 46.6. The number of likely N-dealkylation sites (N-methyl/N-ethyl adjacent to an activating group) is 6. The van der Waals surface area contributed by atoms with Gasteiger partial charge in [0.25, 0.3) is 0 Å². The van der Waals surface area contributed by atoms with Gasteiger partial charge in [0.05, 0.1) is 56.2 Å². The highest BCUT2D eigenvalue weighted by Gasteiger charge is 2.43. The number of aromatic nitrogens is 6. The van der Waals surface area contributed by atoms with E-state index in [0.29, 0.717) is 96.3 Å². The summed E-state index contributed by atoms with van der Waals surface area (Å²) in [6.45, 7) is 8.02. The van der Waals surface area contributed by atoms with Gasteiger partial charge in [0.1, 0.15) is 36.3 Å². The lowest BCUT2D eigenvalue weighted by molar-refractivity contribution is -0.135. The Hall–Kier alpha value is -7.91. The summed E-state index contributed by atoms with van der Waals surface area (Å²) in [4.78, 5) is 113. The second-order valence-corrected chi connectivity index (χ2v) is 41.9. The summed E-state index contributed by atoms with van der Waals surface area (Å²) in [5.74, 6) is 7.81. The molecule has 6 aromatic rings. The summed E-state index contributed by atoms with van der Waals surface area (Å²) in [6, 6.07) is -2.70. The number of hydrogen-bond acceptors (Lipinski definition) is 29. The van der Waals surface area contributed by atoms with Crippen LogP contribution in [-0.4, -0.2) is 265 Å². The molecule has 15 heterocycles. The number of nitrogens with zero attached hydrogens (tertiary/aromatic N) is 12. The highest BCUT2D eigenvalue weighted by molar-refractivity contribution is 7.99. The molecule has 9 atom stereocenters. The van der Waals surface area contributed by atoms with Gasteiger partial charge in [-0.15, -0.1) is 0 Å². The Bertz CT molecular complexity index is 4370. The number of hydrogen-bond donors (Lipinski definition) is 6. The van der Waals surface area contributed by atoms with Gasteiger partial charge < -0.3 is 87.8 Å². The molecule has 696 valence electrons. The molecule has 9 aliphatic heterocycles. The molecule has 9 unspecified atom stereocenters. The van der Waals surface area contributed by atoms with Gasteiger partial charge in [0.2, 0.25) is 35.4 Å². The van der Waals surface area contributed by atoms with Crippen molar-refractivity contribution < 1.29 is 72.1 Å². The van der Waals surface area contributed by atoms with Crippen molar-refractivity contribution in [3.8, 4) is 0 Å². The monoisotopic (exact) mass is 1810 g/mol. The first-order chi connectivity index (χ1) is 61.2. The van der Waals surface area contributed by atoms with E-state index in [1.807, 2.05) is 45.5 Å². The van der Waals surface area contributed by atoms with E-state index < -0.39 is 42.3 Å². The summed E-state index contributed by atoms with van der Waals surface area (Å²) in [5.41, 5.74) is 5.21. The van der Waals surface area contributed by atoms with Gasteiger partial charge in [-0.05, 0) is 143 Å². The van der Waals surface area contributed by atoms with Crippen LogP contribution in [0.2, 0.25) is 0 Å². The third-order valence-corrected chi connectivity index (χ3v) is 33.4. The molecule has 126 heavy (non-hydrogen) atoms. The van der Waals surface area contributed by atoms with Crippen molar-refractivity contribution in [2.24, 2.45) is 17.8 Å². The molecule has 3 saturated carbocycles. The smallest absolute Gasteiger partial charge is 0.247 e. The number of fused-ring (bicyclic) bond motifs is 6. The maximum Gasteiger partial charge on any atom is 0.247 e. The number of amides is 6. The number of rotatable bonds is 18. The zero-order valence-electron chi connectivity index (χ0n) is 74.7. The largest absolute Gasteiger partial charge is 0.446 e. The zero-order valence-corrected chi connectivity index (χ0v) is 77.2. The van der Waals surface area contributed by atoms with Gasteiger partial charge in [-0.1, -0.05) is 89.9 Å². The molecule has 6 aromatic heterocycles. The van der Waals surface area contributed by atoms with Crippen molar-refractivity contribution >= 4 is 66.9 Å². The van der Waals surface area contributed by atoms with Gasteiger partial charge >= 0.3 is 0 Å². The fourth-order valence-electron chi connectivity index (χ4n) is 20.2. The van der Waals surface area contributed by atoms with Crippen LogP contribution in [0.3, 0.4) is 0 Å². The number of carbonyl (C=O) groups is 6. The summed E-state index contributed by atoms with van der Waals surface area (Å²) in [5, 5.41) is 17.9. The van der Waals surface area contributed by atoms with E-state index >= 15 is 0 Å². The van der Waals surface area contributed by atoms with Crippen molar-refractivity contribution in [3.05, 3.63) is 107 Å². The first-order valence-corrected chi connectivity index (χ1v) is 51.1. The Morgan fingerprint density at radius 1 is 0.294 bits per heavy atom. The second-order valence-electron chi connectivity index (χ2n) is 35.7.